The molecule has 2 heteroatoms. The molecular formula is C12H14O2. The summed E-state index contributed by atoms with van der Waals surface area (Å²) in [5, 5.41) is 9.63. The summed E-state index contributed by atoms with van der Waals surface area (Å²) in [5.41, 5.74) is 1.21. The van der Waals surface area contributed by atoms with E-state index in [1.54, 1.807) is 6.92 Å². The number of aliphatic hydroxyl groups excluding tert-OH is 1. The molecule has 1 aliphatic carbocycles. The molecule has 1 aromatic carbocycles. The van der Waals surface area contributed by atoms with E-state index in [-0.39, 0.29) is 5.78 Å². The standard InChI is InChI=1S/C12H14O2/c1-8(13)12(2)7-9-5-3-4-6-10(9)11(12)14/h3-6,8,13H,7H2,1-2H3/t8-,12-/m0/s1. The van der Waals surface area contributed by atoms with Crippen molar-refractivity contribution in [2.75, 3.05) is 0 Å². The SMILES string of the molecule is C[C@H](O)[C@]1(C)Cc2ccccc2C1=O. The van der Waals surface area contributed by atoms with Gasteiger partial charge in [0.15, 0.2) is 5.78 Å². The molecule has 0 saturated carbocycles. The monoisotopic (exact) mass is 190 g/mol. The van der Waals surface area contributed by atoms with E-state index in [9.17, 15) is 9.90 Å². The fraction of sp³-hybridized carbons (Fsp3) is 0.417. The van der Waals surface area contributed by atoms with Gasteiger partial charge in [-0.2, -0.15) is 0 Å². The van der Waals surface area contributed by atoms with Crippen LogP contribution in [0, 0.1) is 5.41 Å². The predicted molar refractivity (Wildman–Crippen MR) is 54.3 cm³/mol. The second-order valence-electron chi connectivity index (χ2n) is 4.26. The molecule has 0 amide bonds. The third-order valence-electron chi connectivity index (χ3n) is 3.26. The lowest BCUT2D eigenvalue weighted by Crippen LogP contribution is -2.35. The third kappa shape index (κ3) is 1.11. The highest BCUT2D eigenvalue weighted by Crippen LogP contribution is 2.38. The first kappa shape index (κ1) is 9.41. The Balaban J connectivity index is 2.49. The number of hydrogen-bond acceptors (Lipinski definition) is 2. The maximum Gasteiger partial charge on any atom is 0.171 e. The van der Waals surface area contributed by atoms with Crippen LogP contribution in [0.5, 0.6) is 0 Å². The van der Waals surface area contributed by atoms with Gasteiger partial charge < -0.3 is 5.11 Å². The number of Topliss-reactive ketones (excluding diaryl/α,β-unsaturated/α-hetero) is 1. The molecule has 14 heavy (non-hydrogen) atoms. The van der Waals surface area contributed by atoms with Gasteiger partial charge in [-0.15, -0.1) is 0 Å². The first-order valence-electron chi connectivity index (χ1n) is 4.86. The van der Waals surface area contributed by atoms with Gasteiger partial charge in [0.05, 0.1) is 11.5 Å². The molecule has 0 bridgehead atoms. The van der Waals surface area contributed by atoms with Crippen LogP contribution >= 0.6 is 0 Å². The summed E-state index contributed by atoms with van der Waals surface area (Å²) >= 11 is 0. The van der Waals surface area contributed by atoms with Gasteiger partial charge in [0.1, 0.15) is 0 Å². The quantitative estimate of drug-likeness (QED) is 0.733. The molecule has 0 fully saturated rings. The highest BCUT2D eigenvalue weighted by Gasteiger charge is 2.44. The third-order valence-corrected chi connectivity index (χ3v) is 3.26. The van der Waals surface area contributed by atoms with E-state index in [1.807, 2.05) is 31.2 Å². The van der Waals surface area contributed by atoms with Crippen molar-refractivity contribution in [1.82, 2.24) is 0 Å². The second-order valence-corrected chi connectivity index (χ2v) is 4.26. The zero-order valence-electron chi connectivity index (χ0n) is 8.45. The van der Waals surface area contributed by atoms with Crippen molar-refractivity contribution in [3.05, 3.63) is 35.4 Å². The first-order chi connectivity index (χ1) is 6.55. The normalized spacial score (nSPS) is 27.5. The van der Waals surface area contributed by atoms with Gasteiger partial charge in [-0.3, -0.25) is 4.79 Å². The summed E-state index contributed by atoms with van der Waals surface area (Å²) < 4.78 is 0. The Kier molecular flexibility index (Phi) is 1.96. The predicted octanol–water partition coefficient (Wildman–Crippen LogP) is 1.81. The number of carbonyl (C=O) groups is 1. The Labute approximate surface area is 83.6 Å². The molecule has 0 unspecified atom stereocenters. The number of fused-ring (bicyclic) bond motifs is 1. The van der Waals surface area contributed by atoms with E-state index in [0.717, 1.165) is 11.1 Å². The van der Waals surface area contributed by atoms with Crippen LogP contribution in [0.3, 0.4) is 0 Å². The molecule has 0 heterocycles. The number of ketones is 1. The summed E-state index contributed by atoms with van der Waals surface area (Å²) in [6, 6.07) is 7.59. The number of rotatable bonds is 1. The lowest BCUT2D eigenvalue weighted by molar-refractivity contribution is 0.0448. The van der Waals surface area contributed by atoms with Crippen molar-refractivity contribution >= 4 is 5.78 Å². The lowest BCUT2D eigenvalue weighted by Gasteiger charge is -2.25. The summed E-state index contributed by atoms with van der Waals surface area (Å²) in [4.78, 5) is 12.0. The van der Waals surface area contributed by atoms with Crippen LogP contribution in [0.2, 0.25) is 0 Å². The zero-order valence-corrected chi connectivity index (χ0v) is 8.45. The molecule has 1 aromatic rings. The van der Waals surface area contributed by atoms with Crippen LogP contribution in [0.25, 0.3) is 0 Å². The molecule has 2 nitrogen and oxygen atoms in total. The maximum absolute atomic E-state index is 12.0. The van der Waals surface area contributed by atoms with E-state index >= 15 is 0 Å². The maximum atomic E-state index is 12.0. The van der Waals surface area contributed by atoms with Gasteiger partial charge in [-0.1, -0.05) is 24.3 Å². The average molecular weight is 190 g/mol. The fourth-order valence-corrected chi connectivity index (χ4v) is 2.02. The van der Waals surface area contributed by atoms with Crippen molar-refractivity contribution in [3.8, 4) is 0 Å². The zero-order chi connectivity index (χ0) is 10.3. The molecule has 1 N–H and O–H groups in total. The van der Waals surface area contributed by atoms with Crippen molar-refractivity contribution in [2.24, 2.45) is 5.41 Å². The smallest absolute Gasteiger partial charge is 0.171 e. The van der Waals surface area contributed by atoms with E-state index in [2.05, 4.69) is 0 Å². The van der Waals surface area contributed by atoms with Crippen LogP contribution in [-0.2, 0) is 6.42 Å². The highest BCUT2D eigenvalue weighted by molar-refractivity contribution is 6.05. The number of hydrogen-bond donors (Lipinski definition) is 1. The molecule has 0 saturated heterocycles. The molecule has 0 radical (unpaired) electrons. The minimum Gasteiger partial charge on any atom is -0.392 e. The van der Waals surface area contributed by atoms with E-state index in [4.69, 9.17) is 0 Å². The van der Waals surface area contributed by atoms with Gasteiger partial charge >= 0.3 is 0 Å². The molecule has 2 atom stereocenters. The van der Waals surface area contributed by atoms with Crippen LogP contribution in [0.4, 0.5) is 0 Å². The minimum absolute atomic E-state index is 0.0723. The molecule has 1 aliphatic rings. The van der Waals surface area contributed by atoms with Crippen molar-refractivity contribution in [2.45, 2.75) is 26.4 Å². The number of aliphatic hydroxyl groups is 1. The van der Waals surface area contributed by atoms with Crippen molar-refractivity contribution < 1.29 is 9.90 Å². The fourth-order valence-electron chi connectivity index (χ4n) is 2.02. The van der Waals surface area contributed by atoms with Gasteiger partial charge in [0.25, 0.3) is 0 Å². The topological polar surface area (TPSA) is 37.3 Å². The van der Waals surface area contributed by atoms with Crippen LogP contribution in [0.15, 0.2) is 24.3 Å². The highest BCUT2D eigenvalue weighted by atomic mass is 16.3. The Morgan fingerprint density at radius 2 is 2.07 bits per heavy atom. The molecule has 0 aliphatic heterocycles. The Morgan fingerprint density at radius 1 is 1.43 bits per heavy atom. The van der Waals surface area contributed by atoms with Crippen LogP contribution < -0.4 is 0 Å². The van der Waals surface area contributed by atoms with Crippen molar-refractivity contribution in [1.29, 1.82) is 0 Å². The van der Waals surface area contributed by atoms with E-state index < -0.39 is 11.5 Å². The van der Waals surface area contributed by atoms with Gasteiger partial charge in [-0.25, -0.2) is 0 Å². The summed E-state index contributed by atoms with van der Waals surface area (Å²) in [6.45, 7) is 3.52. The summed E-state index contributed by atoms with van der Waals surface area (Å²) in [5.74, 6) is 0.0723. The van der Waals surface area contributed by atoms with E-state index in [0.29, 0.717) is 6.42 Å². The molecule has 74 valence electrons. The molecule has 2 rings (SSSR count). The van der Waals surface area contributed by atoms with Gasteiger partial charge in [0.2, 0.25) is 0 Å². The van der Waals surface area contributed by atoms with Crippen LogP contribution in [-0.4, -0.2) is 17.0 Å². The largest absolute Gasteiger partial charge is 0.392 e. The summed E-state index contributed by atoms with van der Waals surface area (Å²) in [6.07, 6.45) is 0.0575. The van der Waals surface area contributed by atoms with Gasteiger partial charge in [-0.05, 0) is 25.8 Å². The molecular weight excluding hydrogens is 176 g/mol. The minimum atomic E-state index is -0.621. The lowest BCUT2D eigenvalue weighted by atomic mass is 9.81. The second kappa shape index (κ2) is 2.92. The molecule has 0 spiro atoms. The summed E-state index contributed by atoms with van der Waals surface area (Å²) in [7, 11) is 0. The average Bonchev–Trinajstić information content (AvgIpc) is 2.42. The van der Waals surface area contributed by atoms with Crippen LogP contribution in [0.1, 0.15) is 29.8 Å². The van der Waals surface area contributed by atoms with Gasteiger partial charge in [0, 0.05) is 5.56 Å². The Morgan fingerprint density at radius 3 is 2.64 bits per heavy atom. The number of benzene rings is 1. The molecule has 0 aromatic heterocycles. The number of carbonyl (C=O) groups excluding carboxylic acids is 1. The Hall–Kier alpha value is -1.15. The van der Waals surface area contributed by atoms with E-state index in [1.165, 1.54) is 0 Å². The Bertz CT molecular complexity index is 382. The first-order valence-corrected chi connectivity index (χ1v) is 4.86. The van der Waals surface area contributed by atoms with Crippen molar-refractivity contribution in [3.63, 3.8) is 0 Å².